The minimum Gasteiger partial charge on any atom is -0.392 e. The van der Waals surface area contributed by atoms with Crippen LogP contribution in [-0.4, -0.2) is 52.2 Å². The lowest BCUT2D eigenvalue weighted by atomic mass is 9.98. The zero-order valence-corrected chi connectivity index (χ0v) is 11.9. The lowest BCUT2D eigenvalue weighted by molar-refractivity contribution is -0.120. The number of nitrogens with zero attached hydrogens (tertiary/aromatic N) is 3. The zero-order valence-electron chi connectivity index (χ0n) is 11.9. The van der Waals surface area contributed by atoms with Crippen LogP contribution >= 0.6 is 0 Å². The second kappa shape index (κ2) is 7.25. The Bertz CT molecular complexity index is 403. The molecule has 0 saturated heterocycles. The van der Waals surface area contributed by atoms with Gasteiger partial charge in [0, 0.05) is 31.9 Å². The molecule has 0 unspecified atom stereocenters. The Balaban J connectivity index is 2.56. The van der Waals surface area contributed by atoms with E-state index in [9.17, 15) is 9.90 Å². The van der Waals surface area contributed by atoms with Crippen molar-refractivity contribution >= 4 is 5.91 Å². The van der Waals surface area contributed by atoms with E-state index in [1.54, 1.807) is 6.20 Å². The lowest BCUT2D eigenvalue weighted by Crippen LogP contribution is -2.27. The molecule has 1 rings (SSSR count). The fourth-order valence-electron chi connectivity index (χ4n) is 1.87. The molecule has 19 heavy (non-hydrogen) atoms. The van der Waals surface area contributed by atoms with Gasteiger partial charge in [0.05, 0.1) is 12.5 Å². The normalized spacial score (nSPS) is 14.6. The van der Waals surface area contributed by atoms with Crippen LogP contribution in [0, 0.1) is 5.92 Å². The summed E-state index contributed by atoms with van der Waals surface area (Å²) in [5.74, 6) is 0.404. The Morgan fingerprint density at radius 2 is 2.26 bits per heavy atom. The van der Waals surface area contributed by atoms with Crippen molar-refractivity contribution in [3.05, 3.63) is 18.2 Å². The molecule has 108 valence electrons. The number of imidazole rings is 1. The van der Waals surface area contributed by atoms with E-state index in [0.717, 1.165) is 18.9 Å². The standard InChI is InChI=1S/C13H24N4O2/c1-10(11(18)9-12(14)19)8-13-15-4-5-17(13)7-6-16(2)3/h4-5,10-11,18H,6-9H2,1-3H3,(H2,14,19)/t10-,11+/m1/s1. The van der Waals surface area contributed by atoms with Gasteiger partial charge >= 0.3 is 0 Å². The van der Waals surface area contributed by atoms with Gasteiger partial charge in [-0.2, -0.15) is 0 Å². The molecule has 6 heteroatoms. The second-order valence-corrected chi connectivity index (χ2v) is 5.26. The number of aliphatic hydroxyl groups excluding tert-OH is 1. The summed E-state index contributed by atoms with van der Waals surface area (Å²) in [5, 5.41) is 9.85. The first-order valence-electron chi connectivity index (χ1n) is 6.51. The van der Waals surface area contributed by atoms with Crippen molar-refractivity contribution in [1.29, 1.82) is 0 Å². The molecule has 0 aliphatic carbocycles. The number of carbonyl (C=O) groups is 1. The average Bonchev–Trinajstić information content (AvgIpc) is 2.72. The summed E-state index contributed by atoms with van der Waals surface area (Å²) < 4.78 is 2.08. The van der Waals surface area contributed by atoms with Crippen molar-refractivity contribution in [3.8, 4) is 0 Å². The molecule has 1 aromatic heterocycles. The molecule has 0 fully saturated rings. The topological polar surface area (TPSA) is 84.4 Å². The highest BCUT2D eigenvalue weighted by atomic mass is 16.3. The van der Waals surface area contributed by atoms with Gasteiger partial charge in [0.2, 0.25) is 5.91 Å². The number of hydrogen-bond acceptors (Lipinski definition) is 4. The summed E-state index contributed by atoms with van der Waals surface area (Å²) in [6, 6.07) is 0. The van der Waals surface area contributed by atoms with E-state index in [0.29, 0.717) is 6.42 Å². The quantitative estimate of drug-likeness (QED) is 0.687. The molecule has 1 heterocycles. The fraction of sp³-hybridized carbons (Fsp3) is 0.692. The molecule has 3 N–H and O–H groups in total. The number of aromatic nitrogens is 2. The summed E-state index contributed by atoms with van der Waals surface area (Å²) in [6.07, 6.45) is 3.62. The SMILES string of the molecule is C[C@H](Cc1nccn1CCN(C)C)[C@@H](O)CC(N)=O. The number of nitrogens with two attached hydrogens (primary N) is 1. The highest BCUT2D eigenvalue weighted by Crippen LogP contribution is 2.13. The molecular formula is C13H24N4O2. The first kappa shape index (κ1) is 15.7. The number of primary amides is 1. The van der Waals surface area contributed by atoms with Gasteiger partial charge in [-0.05, 0) is 20.0 Å². The minimum absolute atomic E-state index is 0.000424. The molecule has 6 nitrogen and oxygen atoms in total. The molecule has 0 bridgehead atoms. The van der Waals surface area contributed by atoms with E-state index in [-0.39, 0.29) is 12.3 Å². The van der Waals surface area contributed by atoms with Crippen LogP contribution in [0.25, 0.3) is 0 Å². The smallest absolute Gasteiger partial charge is 0.220 e. The summed E-state index contributed by atoms with van der Waals surface area (Å²) in [5.41, 5.74) is 5.09. The highest BCUT2D eigenvalue weighted by Gasteiger charge is 2.19. The monoisotopic (exact) mass is 268 g/mol. The largest absolute Gasteiger partial charge is 0.392 e. The van der Waals surface area contributed by atoms with E-state index in [4.69, 9.17) is 5.73 Å². The molecule has 1 amide bonds. The molecule has 2 atom stereocenters. The molecule has 0 aromatic carbocycles. The van der Waals surface area contributed by atoms with Crippen molar-refractivity contribution in [3.63, 3.8) is 0 Å². The predicted octanol–water partition coefficient (Wildman–Crippen LogP) is -0.140. The van der Waals surface area contributed by atoms with Crippen LogP contribution in [0.15, 0.2) is 12.4 Å². The van der Waals surface area contributed by atoms with E-state index in [1.165, 1.54) is 0 Å². The van der Waals surface area contributed by atoms with Gasteiger partial charge < -0.3 is 20.3 Å². The first-order valence-corrected chi connectivity index (χ1v) is 6.51. The summed E-state index contributed by atoms with van der Waals surface area (Å²) >= 11 is 0. The summed E-state index contributed by atoms with van der Waals surface area (Å²) in [6.45, 7) is 3.70. The Morgan fingerprint density at radius 3 is 2.84 bits per heavy atom. The van der Waals surface area contributed by atoms with Gasteiger partial charge in [0.15, 0.2) is 0 Å². The summed E-state index contributed by atoms with van der Waals surface area (Å²) in [4.78, 5) is 17.2. The number of likely N-dealkylation sites (N-methyl/N-ethyl adjacent to an activating group) is 1. The van der Waals surface area contributed by atoms with E-state index in [1.807, 2.05) is 27.2 Å². The molecular weight excluding hydrogens is 244 g/mol. The molecule has 0 radical (unpaired) electrons. The lowest BCUT2D eigenvalue weighted by Gasteiger charge is -2.18. The van der Waals surface area contributed by atoms with Crippen molar-refractivity contribution in [1.82, 2.24) is 14.5 Å². The number of rotatable bonds is 8. The Kier molecular flexibility index (Phi) is 5.98. The maximum atomic E-state index is 10.8. The zero-order chi connectivity index (χ0) is 14.4. The fourth-order valence-corrected chi connectivity index (χ4v) is 1.87. The third-order valence-corrected chi connectivity index (χ3v) is 3.16. The van der Waals surface area contributed by atoms with E-state index >= 15 is 0 Å². The van der Waals surface area contributed by atoms with Crippen LogP contribution in [0.4, 0.5) is 0 Å². The van der Waals surface area contributed by atoms with Crippen LogP contribution in [0.1, 0.15) is 19.2 Å². The van der Waals surface area contributed by atoms with Gasteiger partial charge in [-0.25, -0.2) is 4.98 Å². The van der Waals surface area contributed by atoms with Crippen LogP contribution in [0.5, 0.6) is 0 Å². The van der Waals surface area contributed by atoms with Crippen LogP contribution in [0.2, 0.25) is 0 Å². The molecule has 0 aliphatic rings. The number of hydrogen-bond donors (Lipinski definition) is 2. The Labute approximate surface area is 114 Å². The number of aliphatic hydroxyl groups is 1. The third kappa shape index (κ3) is 5.40. The molecule has 0 spiro atoms. The average molecular weight is 268 g/mol. The molecule has 0 saturated carbocycles. The minimum atomic E-state index is -0.712. The van der Waals surface area contributed by atoms with Crippen LogP contribution in [-0.2, 0) is 17.8 Å². The second-order valence-electron chi connectivity index (χ2n) is 5.26. The van der Waals surface area contributed by atoms with Gasteiger partial charge in [-0.1, -0.05) is 6.92 Å². The Hall–Kier alpha value is -1.40. The Morgan fingerprint density at radius 1 is 1.58 bits per heavy atom. The number of amides is 1. The van der Waals surface area contributed by atoms with Gasteiger partial charge in [0.25, 0.3) is 0 Å². The highest BCUT2D eigenvalue weighted by molar-refractivity contribution is 5.74. The third-order valence-electron chi connectivity index (χ3n) is 3.16. The van der Waals surface area contributed by atoms with E-state index in [2.05, 4.69) is 14.5 Å². The molecule has 1 aromatic rings. The summed E-state index contributed by atoms with van der Waals surface area (Å²) in [7, 11) is 4.05. The first-order chi connectivity index (χ1) is 8.90. The van der Waals surface area contributed by atoms with Crippen molar-refractivity contribution in [2.24, 2.45) is 11.7 Å². The van der Waals surface area contributed by atoms with Crippen LogP contribution in [0.3, 0.4) is 0 Å². The molecule has 0 aliphatic heterocycles. The number of carbonyl (C=O) groups excluding carboxylic acids is 1. The van der Waals surface area contributed by atoms with Crippen molar-refractivity contribution in [2.45, 2.75) is 32.4 Å². The van der Waals surface area contributed by atoms with Gasteiger partial charge in [-0.3, -0.25) is 4.79 Å². The van der Waals surface area contributed by atoms with Crippen LogP contribution < -0.4 is 5.73 Å². The maximum absolute atomic E-state index is 10.8. The predicted molar refractivity (Wildman–Crippen MR) is 73.5 cm³/mol. The maximum Gasteiger partial charge on any atom is 0.220 e. The van der Waals surface area contributed by atoms with Gasteiger partial charge in [-0.15, -0.1) is 0 Å². The van der Waals surface area contributed by atoms with Crippen molar-refractivity contribution < 1.29 is 9.90 Å². The van der Waals surface area contributed by atoms with Crippen molar-refractivity contribution in [2.75, 3.05) is 20.6 Å². The van der Waals surface area contributed by atoms with E-state index < -0.39 is 12.0 Å². The van der Waals surface area contributed by atoms with Gasteiger partial charge in [0.1, 0.15) is 5.82 Å².